The van der Waals surface area contributed by atoms with Crippen LogP contribution in [0, 0.1) is 5.82 Å². The fourth-order valence-corrected chi connectivity index (χ4v) is 5.49. The van der Waals surface area contributed by atoms with Crippen LogP contribution in [0.5, 0.6) is 0 Å². The average Bonchev–Trinajstić information content (AvgIpc) is 3.13. The Morgan fingerprint density at radius 1 is 1.12 bits per heavy atom. The Bertz CT molecular complexity index is 1010. The number of amides is 1. The molecule has 0 radical (unpaired) electrons. The molecule has 172 valence electrons. The number of hydrogen-bond acceptors (Lipinski definition) is 1. The van der Waals surface area contributed by atoms with E-state index in [1.165, 1.54) is 24.3 Å². The third kappa shape index (κ3) is 3.59. The molecule has 2 nitrogen and oxygen atoms in total. The number of halogens is 5. The number of carbonyl (C=O) groups excluding carboxylic acids is 1. The quantitative estimate of drug-likeness (QED) is 0.522. The molecule has 4 rings (SSSR count). The maximum atomic E-state index is 14.6. The average molecular weight is 451 g/mol. The molecule has 0 aromatic heterocycles. The van der Waals surface area contributed by atoms with E-state index in [1.807, 2.05) is 11.8 Å². The van der Waals surface area contributed by atoms with Gasteiger partial charge in [0, 0.05) is 24.4 Å². The maximum Gasteiger partial charge on any atom is 0.426 e. The number of fused-ring (bicyclic) bond motifs is 3. The first-order chi connectivity index (χ1) is 15.0. The highest BCUT2D eigenvalue weighted by Crippen LogP contribution is 2.51. The van der Waals surface area contributed by atoms with Gasteiger partial charge in [-0.1, -0.05) is 37.3 Å². The molecular weight excluding hydrogens is 425 g/mol. The molecule has 0 bridgehead atoms. The predicted molar refractivity (Wildman–Crippen MR) is 111 cm³/mol. The molecule has 7 heteroatoms. The molecule has 32 heavy (non-hydrogen) atoms. The van der Waals surface area contributed by atoms with E-state index in [-0.39, 0.29) is 17.8 Å². The molecule has 0 saturated carbocycles. The Hall–Kier alpha value is -2.44. The summed E-state index contributed by atoms with van der Waals surface area (Å²) < 4.78 is 68.0. The summed E-state index contributed by atoms with van der Waals surface area (Å²) in [4.78, 5) is 14.5. The zero-order valence-corrected chi connectivity index (χ0v) is 18.1. The lowest BCUT2D eigenvalue weighted by Gasteiger charge is -2.44. The Morgan fingerprint density at radius 2 is 1.81 bits per heavy atom. The minimum atomic E-state index is -5.01. The van der Waals surface area contributed by atoms with Crippen LogP contribution in [0.2, 0.25) is 0 Å². The van der Waals surface area contributed by atoms with E-state index < -0.39 is 22.8 Å². The van der Waals surface area contributed by atoms with Gasteiger partial charge in [-0.15, -0.1) is 0 Å². The molecule has 1 saturated heterocycles. The van der Waals surface area contributed by atoms with Crippen molar-refractivity contribution < 1.29 is 26.7 Å². The van der Waals surface area contributed by atoms with Gasteiger partial charge in [0.15, 0.2) is 0 Å². The van der Waals surface area contributed by atoms with Crippen LogP contribution in [-0.2, 0) is 28.7 Å². The molecule has 1 heterocycles. The number of likely N-dealkylation sites (tertiary alicyclic amines) is 1. The molecule has 1 unspecified atom stereocenters. The van der Waals surface area contributed by atoms with Gasteiger partial charge >= 0.3 is 6.18 Å². The largest absolute Gasteiger partial charge is 0.426 e. The van der Waals surface area contributed by atoms with Crippen molar-refractivity contribution in [2.24, 2.45) is 0 Å². The van der Waals surface area contributed by atoms with Crippen LogP contribution >= 0.6 is 0 Å². The zero-order chi connectivity index (χ0) is 23.3. The van der Waals surface area contributed by atoms with Crippen LogP contribution in [0.25, 0.3) is 0 Å². The Balaban J connectivity index is 1.80. The number of nitrogens with zero attached hydrogens (tertiary/aromatic N) is 1. The molecule has 3 atom stereocenters. The normalized spacial score (nSPS) is 24.6. The standard InChI is InChI=1S/C25H26F5NO/c1-3-22(32)31-13-12-24(15-16-4-8-19(26)9-5-16)20-10-7-18(23(2,27)25(28,29)30)14-17(20)6-11-21(24)31/h4-5,7-10,14,21H,3,6,11-13,15H2,1-2H3/t21-,23?,24-/m1/s1. The molecule has 1 fully saturated rings. The van der Waals surface area contributed by atoms with Gasteiger partial charge in [-0.25, -0.2) is 8.78 Å². The van der Waals surface area contributed by atoms with Crippen LogP contribution in [0.15, 0.2) is 42.5 Å². The summed E-state index contributed by atoms with van der Waals surface area (Å²) in [5.74, 6) is -0.301. The molecule has 0 spiro atoms. The van der Waals surface area contributed by atoms with E-state index in [1.54, 1.807) is 18.2 Å². The summed E-state index contributed by atoms with van der Waals surface area (Å²) in [7, 11) is 0. The minimum Gasteiger partial charge on any atom is -0.339 e. The van der Waals surface area contributed by atoms with Gasteiger partial charge in [0.2, 0.25) is 11.6 Å². The summed E-state index contributed by atoms with van der Waals surface area (Å²) in [6.07, 6.45) is -2.38. The van der Waals surface area contributed by atoms with E-state index in [0.29, 0.717) is 51.1 Å². The zero-order valence-electron chi connectivity index (χ0n) is 18.1. The maximum absolute atomic E-state index is 14.6. The van der Waals surface area contributed by atoms with E-state index in [2.05, 4.69) is 0 Å². The van der Waals surface area contributed by atoms with Crippen molar-refractivity contribution >= 4 is 5.91 Å². The number of aryl methyl sites for hydroxylation is 1. The number of benzene rings is 2. The lowest BCUT2D eigenvalue weighted by Crippen LogP contribution is -2.49. The molecule has 2 aliphatic rings. The van der Waals surface area contributed by atoms with Crippen molar-refractivity contribution in [3.8, 4) is 0 Å². The van der Waals surface area contributed by atoms with Gasteiger partial charge in [0.1, 0.15) is 5.82 Å². The lowest BCUT2D eigenvalue weighted by atomic mass is 9.63. The third-order valence-corrected chi connectivity index (χ3v) is 7.27. The Labute approximate surface area is 184 Å². The van der Waals surface area contributed by atoms with Crippen molar-refractivity contribution in [3.63, 3.8) is 0 Å². The molecule has 0 N–H and O–H groups in total. The number of carbonyl (C=O) groups is 1. The number of alkyl halides is 4. The second-order valence-electron chi connectivity index (χ2n) is 9.08. The van der Waals surface area contributed by atoms with Gasteiger partial charge in [-0.2, -0.15) is 13.2 Å². The molecular formula is C25H26F5NO. The summed E-state index contributed by atoms with van der Waals surface area (Å²) in [6.45, 7) is 2.92. The van der Waals surface area contributed by atoms with Gasteiger partial charge in [0.05, 0.1) is 0 Å². The van der Waals surface area contributed by atoms with Crippen LogP contribution < -0.4 is 0 Å². The molecule has 1 amide bonds. The first kappa shape index (κ1) is 22.7. The lowest BCUT2D eigenvalue weighted by molar-refractivity contribution is -0.228. The summed E-state index contributed by atoms with van der Waals surface area (Å²) in [5, 5.41) is 0. The van der Waals surface area contributed by atoms with E-state index in [4.69, 9.17) is 0 Å². The van der Waals surface area contributed by atoms with Gasteiger partial charge in [-0.05, 0) is 67.0 Å². The first-order valence-electron chi connectivity index (χ1n) is 10.9. The number of rotatable bonds is 4. The highest BCUT2D eigenvalue weighted by molar-refractivity contribution is 5.77. The minimum absolute atomic E-state index is 0.0458. The fraction of sp³-hybridized carbons (Fsp3) is 0.480. The summed E-state index contributed by atoms with van der Waals surface area (Å²) in [6, 6.07) is 10.3. The van der Waals surface area contributed by atoms with Crippen molar-refractivity contribution in [2.75, 3.05) is 6.54 Å². The van der Waals surface area contributed by atoms with Crippen LogP contribution in [-0.4, -0.2) is 29.6 Å². The van der Waals surface area contributed by atoms with Crippen molar-refractivity contribution in [2.45, 2.75) is 69.3 Å². The molecule has 1 aliphatic carbocycles. The van der Waals surface area contributed by atoms with E-state index in [0.717, 1.165) is 11.1 Å². The number of hydrogen-bond donors (Lipinski definition) is 0. The van der Waals surface area contributed by atoms with Crippen LogP contribution in [0.4, 0.5) is 22.0 Å². The van der Waals surface area contributed by atoms with Gasteiger partial charge < -0.3 is 4.90 Å². The molecule has 2 aromatic rings. The topological polar surface area (TPSA) is 20.3 Å². The van der Waals surface area contributed by atoms with Crippen molar-refractivity contribution in [1.29, 1.82) is 0 Å². The van der Waals surface area contributed by atoms with Gasteiger partial charge in [-0.3, -0.25) is 4.79 Å². The monoisotopic (exact) mass is 451 g/mol. The summed E-state index contributed by atoms with van der Waals surface area (Å²) >= 11 is 0. The van der Waals surface area contributed by atoms with Gasteiger partial charge in [0.25, 0.3) is 0 Å². The molecule has 2 aromatic carbocycles. The second kappa shape index (κ2) is 7.85. The van der Waals surface area contributed by atoms with E-state index in [9.17, 15) is 26.7 Å². The smallest absolute Gasteiger partial charge is 0.339 e. The Kier molecular flexibility index (Phi) is 5.58. The predicted octanol–water partition coefficient (Wildman–Crippen LogP) is 6.01. The van der Waals surface area contributed by atoms with Crippen LogP contribution in [0.3, 0.4) is 0 Å². The van der Waals surface area contributed by atoms with Crippen LogP contribution in [0.1, 0.15) is 55.4 Å². The van der Waals surface area contributed by atoms with Crippen molar-refractivity contribution in [3.05, 3.63) is 70.5 Å². The highest BCUT2D eigenvalue weighted by atomic mass is 19.4. The van der Waals surface area contributed by atoms with E-state index >= 15 is 0 Å². The highest BCUT2D eigenvalue weighted by Gasteiger charge is 2.55. The second-order valence-corrected chi connectivity index (χ2v) is 9.08. The summed E-state index contributed by atoms with van der Waals surface area (Å²) in [5.41, 5.74) is -1.89. The SMILES string of the molecule is CCC(=O)N1CC[C@@]2(Cc3ccc(F)cc3)c3ccc(C(C)(F)C(F)(F)F)cc3CC[C@@H]12. The third-order valence-electron chi connectivity index (χ3n) is 7.27. The van der Waals surface area contributed by atoms with Crippen molar-refractivity contribution in [1.82, 2.24) is 4.90 Å². The fourth-order valence-electron chi connectivity index (χ4n) is 5.49. The first-order valence-corrected chi connectivity index (χ1v) is 10.9. The Morgan fingerprint density at radius 3 is 2.44 bits per heavy atom. The molecule has 1 aliphatic heterocycles.